The number of hydrogen-bond acceptors (Lipinski definition) is 20. The minimum absolute atomic E-state index is 0.0134. The van der Waals surface area contributed by atoms with Crippen molar-refractivity contribution < 1.29 is 97.2 Å². The molecule has 0 aliphatic heterocycles. The van der Waals surface area contributed by atoms with E-state index in [0.717, 1.165) is 18.2 Å². The van der Waals surface area contributed by atoms with Gasteiger partial charge in [0.05, 0.1) is 43.8 Å². The van der Waals surface area contributed by atoms with Crippen molar-refractivity contribution in [3.63, 3.8) is 0 Å². The van der Waals surface area contributed by atoms with E-state index in [4.69, 9.17) is 44.5 Å². The van der Waals surface area contributed by atoms with E-state index < -0.39 is 132 Å². The van der Waals surface area contributed by atoms with Crippen LogP contribution in [0.2, 0.25) is 0 Å². The van der Waals surface area contributed by atoms with Crippen LogP contribution >= 0.6 is 0 Å². The van der Waals surface area contributed by atoms with Gasteiger partial charge >= 0.3 is 18.1 Å². The summed E-state index contributed by atoms with van der Waals surface area (Å²) in [5, 5.41) is 57.2. The second-order valence-corrected chi connectivity index (χ2v) is 15.8. The van der Waals surface area contributed by atoms with Crippen molar-refractivity contribution in [1.82, 2.24) is 10.8 Å². The van der Waals surface area contributed by atoms with Gasteiger partial charge in [-0.3, -0.25) is 44.9 Å². The molecule has 0 heterocycles. The van der Waals surface area contributed by atoms with E-state index in [0.29, 0.717) is 18.4 Å². The zero-order valence-corrected chi connectivity index (χ0v) is 34.0. The molecule has 0 amide bonds. The summed E-state index contributed by atoms with van der Waals surface area (Å²) in [7, 11) is 1.26. The summed E-state index contributed by atoms with van der Waals surface area (Å²) in [4.78, 5) is 74.1. The van der Waals surface area contributed by atoms with Crippen LogP contribution in [-0.4, -0.2) is 135 Å². The minimum Gasteiger partial charge on any atom is -0.493 e. The van der Waals surface area contributed by atoms with Gasteiger partial charge in [0.1, 0.15) is 12.3 Å². The van der Waals surface area contributed by atoms with Crippen LogP contribution in [0.15, 0.2) is 48.1 Å². The van der Waals surface area contributed by atoms with Gasteiger partial charge in [0.25, 0.3) is 0 Å². The molecule has 0 aromatic heterocycles. The van der Waals surface area contributed by atoms with E-state index >= 15 is 8.78 Å². The third-order valence-corrected chi connectivity index (χ3v) is 12.3. The van der Waals surface area contributed by atoms with E-state index in [1.807, 2.05) is 0 Å². The van der Waals surface area contributed by atoms with Gasteiger partial charge in [-0.05, 0) is 92.9 Å². The Kier molecular flexibility index (Phi) is 15.4. The number of alkyl halides is 2. The highest BCUT2D eigenvalue weighted by molar-refractivity contribution is 6.01. The number of aliphatic hydroxyl groups is 2. The molecule has 3 saturated carbocycles. The Balaban J connectivity index is 1.33. The second-order valence-electron chi connectivity index (χ2n) is 15.8. The molecule has 62 heavy (non-hydrogen) atoms. The number of ether oxygens (including phenoxy) is 5. The third-order valence-electron chi connectivity index (χ3n) is 12.3. The molecule has 0 bridgehead atoms. The van der Waals surface area contributed by atoms with Crippen molar-refractivity contribution in [3.8, 4) is 11.5 Å². The van der Waals surface area contributed by atoms with Gasteiger partial charge < -0.3 is 33.9 Å². The molecule has 3 fully saturated rings. The molecule has 2 unspecified atom stereocenters. The molecule has 4 aliphatic rings. The molecule has 0 saturated heterocycles. The van der Waals surface area contributed by atoms with E-state index in [-0.39, 0.29) is 36.7 Å². The summed E-state index contributed by atoms with van der Waals surface area (Å²) in [5.74, 6) is -6.23. The van der Waals surface area contributed by atoms with Gasteiger partial charge in [-0.15, -0.1) is 0 Å². The van der Waals surface area contributed by atoms with E-state index in [9.17, 15) is 34.2 Å². The Morgan fingerprint density at radius 3 is 2.26 bits per heavy atom. The normalized spacial score (nSPS) is 31.3. The number of fused-ring (bicyclic) bond motifs is 5. The number of nitrogens with zero attached hydrogens (tertiary/aromatic N) is 2. The first kappa shape index (κ1) is 48.3. The van der Waals surface area contributed by atoms with Gasteiger partial charge in [-0.2, -0.15) is 0 Å². The smallest absolute Gasteiger partial charge is 0.493 e. The number of halogens is 2. The largest absolute Gasteiger partial charge is 0.514 e. The van der Waals surface area contributed by atoms with Gasteiger partial charge in [0.2, 0.25) is 11.4 Å². The third kappa shape index (κ3) is 9.58. The summed E-state index contributed by atoms with van der Waals surface area (Å²) in [6.45, 7) is 1.18. The number of rotatable bonds is 19. The van der Waals surface area contributed by atoms with Gasteiger partial charge in [0, 0.05) is 29.2 Å². The number of allylic oxidation sites excluding steroid dienone is 4. The number of hydrogen-bond donors (Lipinski definition) is 6. The zero-order valence-electron chi connectivity index (χ0n) is 34.0. The van der Waals surface area contributed by atoms with E-state index in [2.05, 4.69) is 9.68 Å². The number of carbonyl (C=O) groups is 5. The number of aliphatic hydroxyl groups excluding tert-OH is 2. The quantitative estimate of drug-likeness (QED) is 0.0290. The Hall–Kier alpha value is -4.75. The lowest BCUT2D eigenvalue weighted by molar-refractivity contribution is -0.492. The van der Waals surface area contributed by atoms with Gasteiger partial charge in [0.15, 0.2) is 29.6 Å². The van der Waals surface area contributed by atoms with Crippen molar-refractivity contribution >= 4 is 35.7 Å². The fourth-order valence-electron chi connectivity index (χ4n) is 9.50. The van der Waals surface area contributed by atoms with Crippen LogP contribution < -0.4 is 9.47 Å². The lowest BCUT2D eigenvalue weighted by atomic mass is 9.44. The van der Waals surface area contributed by atoms with Crippen molar-refractivity contribution in [2.45, 2.75) is 88.4 Å². The van der Waals surface area contributed by atoms with Crippen LogP contribution in [0.3, 0.4) is 0 Å². The standard InChI is InChI=1S/C40H50F2N2O18/c1-37-13-12-24(45)18-27(37)28(41)19-26-25-20-31(46)40(38(25,2)21-32(47)39(26,37)42,62-35(50)7-6-16-60-44(54)55)33(48)22-58-36(51)61-29-10-8-23(17-30(29)56-3)9-11-34(49)57-14-4-5-15-59-43(52)53/h8-13,17-18,25-26,28,31-32,46-47,52-55H,4-7,14-16,19-22H2,1-3H3/b11-9+/t25?,26?,28-,31+,32-,37-,38-,39-,40-/m0/s1. The molecule has 22 heteroatoms. The highest BCUT2D eigenvalue weighted by atomic mass is 19.1. The van der Waals surface area contributed by atoms with Crippen LogP contribution in [0.5, 0.6) is 11.5 Å². The minimum atomic E-state index is -2.61. The van der Waals surface area contributed by atoms with Crippen LogP contribution in [0.25, 0.3) is 6.08 Å². The molecule has 20 nitrogen and oxygen atoms in total. The van der Waals surface area contributed by atoms with Crippen molar-refractivity contribution in [2.75, 3.05) is 33.5 Å². The second kappa shape index (κ2) is 19.7. The Morgan fingerprint density at radius 2 is 1.58 bits per heavy atom. The van der Waals surface area contributed by atoms with Crippen molar-refractivity contribution in [3.05, 3.63) is 53.6 Å². The number of carbonyl (C=O) groups excluding carboxylic acids is 5. The average molecular weight is 885 g/mol. The highest BCUT2D eigenvalue weighted by Gasteiger charge is 2.79. The van der Waals surface area contributed by atoms with Gasteiger partial charge in [-0.25, -0.2) is 18.4 Å². The van der Waals surface area contributed by atoms with Crippen LogP contribution in [0.4, 0.5) is 13.6 Å². The maximum absolute atomic E-state index is 17.8. The van der Waals surface area contributed by atoms with Crippen molar-refractivity contribution in [2.24, 2.45) is 22.7 Å². The summed E-state index contributed by atoms with van der Waals surface area (Å²) in [6.07, 6.45) is -2.87. The molecule has 1 aromatic rings. The lowest BCUT2D eigenvalue weighted by Gasteiger charge is -2.63. The fraction of sp³-hybridized carbons (Fsp3) is 0.575. The van der Waals surface area contributed by atoms with Gasteiger partial charge in [-0.1, -0.05) is 19.1 Å². The number of unbranched alkanes of at least 4 members (excludes halogenated alkanes) is 1. The Labute approximate surface area is 353 Å². The number of Topliss-reactive ketones (excluding diaryl/α,β-unsaturated/α-hetero) is 1. The molecule has 0 radical (unpaired) electrons. The number of ketones is 2. The molecular weight excluding hydrogens is 834 g/mol. The first-order valence-corrected chi connectivity index (χ1v) is 19.6. The predicted octanol–water partition coefficient (Wildman–Crippen LogP) is 3.49. The highest BCUT2D eigenvalue weighted by Crippen LogP contribution is 2.70. The van der Waals surface area contributed by atoms with E-state index in [1.165, 1.54) is 51.3 Å². The number of benzene rings is 1. The Bertz CT molecular complexity index is 1940. The number of esters is 2. The van der Waals surface area contributed by atoms with Crippen LogP contribution in [-0.2, 0) is 43.1 Å². The molecule has 4 aliphatic carbocycles. The van der Waals surface area contributed by atoms with Crippen molar-refractivity contribution in [1.29, 1.82) is 0 Å². The maximum Gasteiger partial charge on any atom is 0.514 e. The SMILES string of the molecule is COc1cc(/C=C/C(=O)OCCCCON(O)O)ccc1OC(=O)OCC(=O)[C@@]1(OC(=O)CCCON(O)O)[C@H](O)CC2C3C[C@H](F)C4=CC(=O)C=C[C@]4(C)[C@@]3(F)[C@@H](O)C[C@@]21C. The summed E-state index contributed by atoms with van der Waals surface area (Å²) < 4.78 is 60.4. The molecule has 1 aromatic carbocycles. The molecular formula is C40H50F2N2O18. The fourth-order valence-corrected chi connectivity index (χ4v) is 9.50. The van der Waals surface area contributed by atoms with Crippen LogP contribution in [0, 0.1) is 22.7 Å². The first-order valence-electron chi connectivity index (χ1n) is 19.6. The zero-order chi connectivity index (χ0) is 45.6. The number of methoxy groups -OCH3 is 1. The summed E-state index contributed by atoms with van der Waals surface area (Å²) in [5.41, 5.74) is -8.57. The first-order chi connectivity index (χ1) is 29.2. The molecule has 6 N–H and O–H groups in total. The van der Waals surface area contributed by atoms with E-state index in [1.54, 1.807) is 0 Å². The monoisotopic (exact) mass is 884 g/mol. The predicted molar refractivity (Wildman–Crippen MR) is 200 cm³/mol. The lowest BCUT2D eigenvalue weighted by Crippen LogP contribution is -2.71. The molecule has 5 rings (SSSR count). The summed E-state index contributed by atoms with van der Waals surface area (Å²) >= 11 is 0. The molecule has 0 spiro atoms. The van der Waals surface area contributed by atoms with Crippen LogP contribution in [0.1, 0.15) is 64.4 Å². The molecule has 9 atom stereocenters. The molecule has 342 valence electrons. The average Bonchev–Trinajstić information content (AvgIpc) is 3.43. The summed E-state index contributed by atoms with van der Waals surface area (Å²) in [6, 6.07) is 4.12. The Morgan fingerprint density at radius 1 is 0.903 bits per heavy atom. The maximum atomic E-state index is 17.8. The topological polar surface area (TPSA) is 278 Å².